The summed E-state index contributed by atoms with van der Waals surface area (Å²) >= 11 is 0. The van der Waals surface area contributed by atoms with Gasteiger partial charge in [0.1, 0.15) is 0 Å². The summed E-state index contributed by atoms with van der Waals surface area (Å²) in [6.07, 6.45) is 0. The minimum Gasteiger partial charge on any atom is -0.359 e. The van der Waals surface area contributed by atoms with E-state index in [0.717, 1.165) is 17.4 Å². The van der Waals surface area contributed by atoms with Crippen molar-refractivity contribution in [2.75, 3.05) is 7.05 Å². The molecule has 3 rings (SSSR count). The Balaban J connectivity index is 1.60. The molecule has 5 nitrogen and oxygen atoms in total. The molecule has 0 saturated carbocycles. The number of benzene rings is 2. The normalized spacial score (nSPS) is 11.9. The number of guanidine groups is 1. The Bertz CT molecular complexity index is 862. The Kier molecular flexibility index (Phi) is 5.33. The molecule has 25 heavy (non-hydrogen) atoms. The molecule has 2 aromatic carbocycles. The molecule has 1 aromatic heterocycles. The van der Waals surface area contributed by atoms with E-state index < -0.39 is 0 Å². The van der Waals surface area contributed by atoms with Gasteiger partial charge in [-0.15, -0.1) is 0 Å². The lowest BCUT2D eigenvalue weighted by molar-refractivity contribution is 0.372. The summed E-state index contributed by atoms with van der Waals surface area (Å²) < 4.78 is 5.35. The molecular formula is C20H24N4O. The van der Waals surface area contributed by atoms with E-state index in [0.29, 0.717) is 19.0 Å². The van der Waals surface area contributed by atoms with E-state index in [1.807, 2.05) is 6.07 Å². The van der Waals surface area contributed by atoms with Gasteiger partial charge in [-0.25, -0.2) is 0 Å². The highest BCUT2D eigenvalue weighted by atomic mass is 16.5. The fraction of sp³-hybridized carbons (Fsp3) is 0.300. The van der Waals surface area contributed by atoms with Crippen molar-refractivity contribution in [3.63, 3.8) is 0 Å². The van der Waals surface area contributed by atoms with Crippen LogP contribution in [-0.2, 0) is 13.1 Å². The molecule has 130 valence electrons. The summed E-state index contributed by atoms with van der Waals surface area (Å²) in [4.78, 5) is 4.27. The third-order valence-corrected chi connectivity index (χ3v) is 4.15. The van der Waals surface area contributed by atoms with E-state index in [1.165, 1.54) is 16.3 Å². The first-order chi connectivity index (χ1) is 12.2. The zero-order valence-electron chi connectivity index (χ0n) is 14.9. The smallest absolute Gasteiger partial charge is 0.191 e. The van der Waals surface area contributed by atoms with E-state index in [1.54, 1.807) is 7.05 Å². The van der Waals surface area contributed by atoms with E-state index in [2.05, 4.69) is 77.1 Å². The second-order valence-electron chi connectivity index (χ2n) is 6.29. The van der Waals surface area contributed by atoms with E-state index in [-0.39, 0.29) is 0 Å². The lowest BCUT2D eigenvalue weighted by Crippen LogP contribution is -2.36. The van der Waals surface area contributed by atoms with Gasteiger partial charge in [0.15, 0.2) is 11.7 Å². The quantitative estimate of drug-likeness (QED) is 0.549. The van der Waals surface area contributed by atoms with Crippen LogP contribution in [-0.4, -0.2) is 18.2 Å². The molecule has 0 atom stereocenters. The van der Waals surface area contributed by atoms with Gasteiger partial charge in [-0.1, -0.05) is 61.5 Å². The maximum Gasteiger partial charge on any atom is 0.191 e. The van der Waals surface area contributed by atoms with Crippen molar-refractivity contribution in [2.45, 2.75) is 32.9 Å². The van der Waals surface area contributed by atoms with Crippen molar-refractivity contribution in [3.8, 4) is 0 Å². The summed E-state index contributed by atoms with van der Waals surface area (Å²) in [7, 11) is 1.76. The first kappa shape index (κ1) is 17.0. The van der Waals surface area contributed by atoms with Crippen LogP contribution in [0.1, 0.15) is 36.8 Å². The maximum absolute atomic E-state index is 5.35. The topological polar surface area (TPSA) is 62.5 Å². The minimum atomic E-state index is 0.362. The number of aromatic nitrogens is 1. The summed E-state index contributed by atoms with van der Waals surface area (Å²) in [5.41, 5.74) is 2.21. The molecule has 0 unspecified atom stereocenters. The van der Waals surface area contributed by atoms with Crippen LogP contribution in [0.25, 0.3) is 10.8 Å². The molecule has 0 aliphatic carbocycles. The van der Waals surface area contributed by atoms with Crippen LogP contribution in [0.2, 0.25) is 0 Å². The Morgan fingerprint density at radius 2 is 1.84 bits per heavy atom. The average molecular weight is 336 g/mol. The SMILES string of the molecule is CN=C(NCc1cc(C(C)C)no1)NCc1cccc2ccccc12. The Hall–Kier alpha value is -2.82. The van der Waals surface area contributed by atoms with Crippen LogP contribution >= 0.6 is 0 Å². The highest BCUT2D eigenvalue weighted by molar-refractivity contribution is 5.86. The van der Waals surface area contributed by atoms with Gasteiger partial charge in [-0.2, -0.15) is 0 Å². The largest absolute Gasteiger partial charge is 0.359 e. The molecule has 5 heteroatoms. The summed E-state index contributed by atoms with van der Waals surface area (Å²) in [6.45, 7) is 5.45. The molecule has 1 heterocycles. The van der Waals surface area contributed by atoms with Gasteiger partial charge >= 0.3 is 0 Å². The molecule has 0 spiro atoms. The number of nitrogens with zero attached hydrogens (tertiary/aromatic N) is 2. The van der Waals surface area contributed by atoms with Gasteiger partial charge in [-0.3, -0.25) is 4.99 Å². The highest BCUT2D eigenvalue weighted by Crippen LogP contribution is 2.18. The first-order valence-corrected chi connectivity index (χ1v) is 8.54. The molecule has 0 radical (unpaired) electrons. The number of aliphatic imine (C=N–C) groups is 1. The van der Waals surface area contributed by atoms with Gasteiger partial charge in [0, 0.05) is 19.7 Å². The molecule has 0 saturated heterocycles. The van der Waals surface area contributed by atoms with Crippen molar-refractivity contribution in [1.82, 2.24) is 15.8 Å². The van der Waals surface area contributed by atoms with Crippen molar-refractivity contribution < 1.29 is 4.52 Å². The van der Waals surface area contributed by atoms with Gasteiger partial charge in [0.05, 0.1) is 12.2 Å². The lowest BCUT2D eigenvalue weighted by Gasteiger charge is -2.12. The average Bonchev–Trinajstić information content (AvgIpc) is 3.11. The summed E-state index contributed by atoms with van der Waals surface area (Å²) in [5, 5.41) is 13.2. The van der Waals surface area contributed by atoms with Crippen molar-refractivity contribution in [2.24, 2.45) is 4.99 Å². The molecule has 0 amide bonds. The van der Waals surface area contributed by atoms with Crippen molar-refractivity contribution >= 4 is 16.7 Å². The van der Waals surface area contributed by atoms with Crippen LogP contribution < -0.4 is 10.6 Å². The molecule has 0 fully saturated rings. The van der Waals surface area contributed by atoms with Crippen LogP contribution in [0.3, 0.4) is 0 Å². The fourth-order valence-corrected chi connectivity index (χ4v) is 2.70. The third kappa shape index (κ3) is 4.18. The van der Waals surface area contributed by atoms with Gasteiger partial charge in [0.25, 0.3) is 0 Å². The molecule has 0 bridgehead atoms. The van der Waals surface area contributed by atoms with Crippen LogP contribution in [0.15, 0.2) is 58.0 Å². The maximum atomic E-state index is 5.35. The predicted octanol–water partition coefficient (Wildman–Crippen LogP) is 3.82. The highest BCUT2D eigenvalue weighted by Gasteiger charge is 2.08. The van der Waals surface area contributed by atoms with Crippen molar-refractivity contribution in [1.29, 1.82) is 0 Å². The first-order valence-electron chi connectivity index (χ1n) is 8.54. The molecule has 0 aliphatic rings. The number of nitrogens with one attached hydrogen (secondary N) is 2. The summed E-state index contributed by atoms with van der Waals surface area (Å²) in [6, 6.07) is 16.7. The third-order valence-electron chi connectivity index (χ3n) is 4.15. The van der Waals surface area contributed by atoms with Crippen LogP contribution in [0.4, 0.5) is 0 Å². The molecule has 3 aromatic rings. The Morgan fingerprint density at radius 1 is 1.08 bits per heavy atom. The minimum absolute atomic E-state index is 0.362. The van der Waals surface area contributed by atoms with Crippen molar-refractivity contribution in [3.05, 3.63) is 65.5 Å². The van der Waals surface area contributed by atoms with E-state index in [9.17, 15) is 0 Å². The Labute approximate surface area is 148 Å². The second kappa shape index (κ2) is 7.83. The molecule has 2 N–H and O–H groups in total. The number of fused-ring (bicyclic) bond motifs is 1. The number of rotatable bonds is 5. The number of hydrogen-bond donors (Lipinski definition) is 2. The Morgan fingerprint density at radius 3 is 2.60 bits per heavy atom. The second-order valence-corrected chi connectivity index (χ2v) is 6.29. The monoisotopic (exact) mass is 336 g/mol. The fourth-order valence-electron chi connectivity index (χ4n) is 2.70. The van der Waals surface area contributed by atoms with Gasteiger partial charge in [-0.05, 0) is 22.3 Å². The van der Waals surface area contributed by atoms with E-state index in [4.69, 9.17) is 4.52 Å². The standard InChI is InChI=1S/C20H24N4O/c1-14(2)19-11-17(25-24-19)13-23-20(21-3)22-12-16-9-6-8-15-7-4-5-10-18(15)16/h4-11,14H,12-13H2,1-3H3,(H2,21,22,23). The zero-order chi connectivity index (χ0) is 17.6. The van der Waals surface area contributed by atoms with Gasteiger partial charge in [0.2, 0.25) is 0 Å². The van der Waals surface area contributed by atoms with Crippen LogP contribution in [0.5, 0.6) is 0 Å². The van der Waals surface area contributed by atoms with Gasteiger partial charge < -0.3 is 15.2 Å². The zero-order valence-corrected chi connectivity index (χ0v) is 14.9. The molecule has 0 aliphatic heterocycles. The number of hydrogen-bond acceptors (Lipinski definition) is 3. The lowest BCUT2D eigenvalue weighted by atomic mass is 10.0. The molecular weight excluding hydrogens is 312 g/mol. The van der Waals surface area contributed by atoms with Crippen LogP contribution in [0, 0.1) is 0 Å². The van der Waals surface area contributed by atoms with E-state index >= 15 is 0 Å². The predicted molar refractivity (Wildman–Crippen MR) is 102 cm³/mol. The summed E-state index contributed by atoms with van der Waals surface area (Å²) in [5.74, 6) is 1.90.